The molecule has 32 heavy (non-hydrogen) atoms. The van der Waals surface area contributed by atoms with Gasteiger partial charge in [-0.1, -0.05) is 23.2 Å². The Labute approximate surface area is 187 Å². The van der Waals surface area contributed by atoms with Crippen LogP contribution in [0.15, 0.2) is 79.8 Å². The summed E-state index contributed by atoms with van der Waals surface area (Å²) in [7, 11) is 0. The van der Waals surface area contributed by atoms with E-state index < -0.39 is 22.5 Å². The lowest BCUT2D eigenvalue weighted by atomic mass is 10.2. The first-order chi connectivity index (χ1) is 15.3. The fourth-order valence-corrected chi connectivity index (χ4v) is 3.94. The Morgan fingerprint density at radius 1 is 0.562 bits per heavy atom. The Kier molecular flexibility index (Phi) is 4.61. The molecule has 158 valence electrons. The topological polar surface area (TPSA) is 110 Å². The molecule has 0 fully saturated rings. The third kappa shape index (κ3) is 3.17. The number of hydrogen-bond acceptors (Lipinski definition) is 4. The lowest BCUT2D eigenvalue weighted by Crippen LogP contribution is -2.34. The molecule has 0 aliphatic carbocycles. The molecule has 0 bridgehead atoms. The largest absolute Gasteiger partial charge is 0.333 e. The molecule has 8 nitrogen and oxygen atoms in total. The van der Waals surface area contributed by atoms with Gasteiger partial charge in [0.1, 0.15) is 0 Å². The summed E-state index contributed by atoms with van der Waals surface area (Å²) in [5.74, 6) is 0. The van der Waals surface area contributed by atoms with Crippen LogP contribution in [-0.4, -0.2) is 19.1 Å². The molecular formula is C22H12Cl2N4O4. The summed E-state index contributed by atoms with van der Waals surface area (Å²) in [6, 6.07) is 15.1. The zero-order valence-corrected chi connectivity index (χ0v) is 17.6. The maximum Gasteiger partial charge on any atom is 0.333 e. The minimum absolute atomic E-state index is 0.250. The van der Waals surface area contributed by atoms with E-state index in [9.17, 15) is 19.2 Å². The number of rotatable bonds is 2. The number of nitrogens with zero attached hydrogens (tertiary/aromatic N) is 2. The van der Waals surface area contributed by atoms with Crippen LogP contribution in [0.25, 0.3) is 33.2 Å². The molecule has 0 saturated carbocycles. The summed E-state index contributed by atoms with van der Waals surface area (Å²) in [6.45, 7) is 0. The zero-order chi connectivity index (χ0) is 22.6. The van der Waals surface area contributed by atoms with Crippen molar-refractivity contribution >= 4 is 45.0 Å². The number of nitrogens with one attached hydrogen (secondary N) is 2. The first kappa shape index (κ1) is 20.0. The predicted molar refractivity (Wildman–Crippen MR) is 124 cm³/mol. The highest BCUT2D eigenvalue weighted by Gasteiger charge is 2.13. The number of hydrogen-bond donors (Lipinski definition) is 2. The second-order valence-electron chi connectivity index (χ2n) is 7.04. The molecule has 0 aliphatic rings. The van der Waals surface area contributed by atoms with Crippen LogP contribution in [-0.2, 0) is 0 Å². The van der Waals surface area contributed by atoms with Gasteiger partial charge < -0.3 is 9.97 Å². The smallest absolute Gasteiger partial charge is 0.306 e. The van der Waals surface area contributed by atoms with E-state index in [-0.39, 0.29) is 22.1 Å². The highest BCUT2D eigenvalue weighted by atomic mass is 35.5. The molecule has 0 aliphatic heterocycles. The highest BCUT2D eigenvalue weighted by molar-refractivity contribution is 6.31. The van der Waals surface area contributed by atoms with E-state index in [4.69, 9.17) is 23.2 Å². The first-order valence-corrected chi connectivity index (χ1v) is 10.1. The summed E-state index contributed by atoms with van der Waals surface area (Å²) < 4.78 is 1.91. The van der Waals surface area contributed by atoms with Crippen LogP contribution in [0.2, 0.25) is 10.0 Å². The number of fused-ring (bicyclic) bond motifs is 2. The molecule has 0 atom stereocenters. The van der Waals surface area contributed by atoms with Gasteiger partial charge >= 0.3 is 11.4 Å². The summed E-state index contributed by atoms with van der Waals surface area (Å²) in [4.78, 5) is 56.2. The Balaban J connectivity index is 1.68. The lowest BCUT2D eigenvalue weighted by molar-refractivity contribution is 0.886. The molecule has 2 heterocycles. The van der Waals surface area contributed by atoms with Crippen LogP contribution in [0, 0.1) is 0 Å². The molecule has 0 unspecified atom stereocenters. The molecule has 0 spiro atoms. The third-order valence-corrected chi connectivity index (χ3v) is 5.56. The van der Waals surface area contributed by atoms with Gasteiger partial charge in [0.05, 0.1) is 33.2 Å². The van der Waals surface area contributed by atoms with Crippen molar-refractivity contribution in [3.8, 4) is 11.4 Å². The zero-order valence-electron chi connectivity index (χ0n) is 16.1. The molecular weight excluding hydrogens is 455 g/mol. The Bertz CT molecular complexity index is 1650. The quantitative estimate of drug-likeness (QED) is 0.416. The number of benzene rings is 3. The van der Waals surface area contributed by atoms with Gasteiger partial charge in [0.2, 0.25) is 0 Å². The van der Waals surface area contributed by atoms with Gasteiger partial charge in [0.25, 0.3) is 11.1 Å². The van der Waals surface area contributed by atoms with E-state index in [0.717, 1.165) is 9.13 Å². The number of halogens is 2. The minimum atomic E-state index is -0.632. The summed E-state index contributed by atoms with van der Waals surface area (Å²) in [6.07, 6.45) is 0. The Morgan fingerprint density at radius 3 is 1.31 bits per heavy atom. The van der Waals surface area contributed by atoms with Crippen molar-refractivity contribution < 1.29 is 0 Å². The maximum absolute atomic E-state index is 12.9. The molecule has 3 aromatic carbocycles. The van der Waals surface area contributed by atoms with E-state index in [1.165, 1.54) is 36.4 Å². The molecule has 5 rings (SSSR count). The normalized spacial score (nSPS) is 11.3. The van der Waals surface area contributed by atoms with Crippen LogP contribution in [0.5, 0.6) is 0 Å². The first-order valence-electron chi connectivity index (χ1n) is 9.33. The van der Waals surface area contributed by atoms with E-state index in [2.05, 4.69) is 9.97 Å². The fraction of sp³-hybridized carbons (Fsp3) is 0. The van der Waals surface area contributed by atoms with Crippen LogP contribution in [0.1, 0.15) is 0 Å². The maximum atomic E-state index is 12.9. The van der Waals surface area contributed by atoms with Gasteiger partial charge in [-0.3, -0.25) is 9.59 Å². The predicted octanol–water partition coefficient (Wildman–Crippen LogP) is 2.98. The third-order valence-electron chi connectivity index (χ3n) is 5.09. The van der Waals surface area contributed by atoms with Crippen LogP contribution >= 0.6 is 23.2 Å². The standard InChI is InChI=1S/C22H12Cl2N4O4/c23-11-1-7-17-15(9-11)19(29)27(21(31)25-17)13-3-5-14(6-4-13)28-20(30)16-10-12(24)2-8-18(16)26-22(28)32/h1-10H,(H,25,31)(H,26,32). The van der Waals surface area contributed by atoms with Crippen molar-refractivity contribution in [2.75, 3.05) is 0 Å². The van der Waals surface area contributed by atoms with E-state index in [1.807, 2.05) is 0 Å². The van der Waals surface area contributed by atoms with Gasteiger partial charge in [-0.15, -0.1) is 0 Å². The number of aromatic nitrogens is 4. The molecule has 5 aromatic rings. The van der Waals surface area contributed by atoms with Crippen molar-refractivity contribution in [2.24, 2.45) is 0 Å². The average molecular weight is 467 g/mol. The van der Waals surface area contributed by atoms with E-state index in [1.54, 1.807) is 24.3 Å². The second kappa shape index (κ2) is 7.37. The second-order valence-corrected chi connectivity index (χ2v) is 7.91. The van der Waals surface area contributed by atoms with E-state index >= 15 is 0 Å². The molecule has 2 N–H and O–H groups in total. The molecule has 0 radical (unpaired) electrons. The molecule has 0 saturated heterocycles. The summed E-state index contributed by atoms with van der Waals surface area (Å²) in [5.41, 5.74) is -1.11. The van der Waals surface area contributed by atoms with Crippen molar-refractivity contribution in [3.05, 3.63) is 112 Å². The lowest BCUT2D eigenvalue weighted by Gasteiger charge is -2.09. The van der Waals surface area contributed by atoms with Crippen molar-refractivity contribution in [2.45, 2.75) is 0 Å². The minimum Gasteiger partial charge on any atom is -0.306 e. The molecule has 10 heteroatoms. The van der Waals surface area contributed by atoms with Crippen LogP contribution in [0.3, 0.4) is 0 Å². The fourth-order valence-electron chi connectivity index (χ4n) is 3.59. The van der Waals surface area contributed by atoms with Gasteiger partial charge in [0, 0.05) is 10.0 Å². The van der Waals surface area contributed by atoms with Gasteiger partial charge in [-0.2, -0.15) is 0 Å². The molecule has 0 amide bonds. The monoisotopic (exact) mass is 466 g/mol. The van der Waals surface area contributed by atoms with Crippen LogP contribution in [0.4, 0.5) is 0 Å². The number of H-pyrrole nitrogens is 2. The van der Waals surface area contributed by atoms with Gasteiger partial charge in [0.15, 0.2) is 0 Å². The highest BCUT2D eigenvalue weighted by Crippen LogP contribution is 2.16. The van der Waals surface area contributed by atoms with Crippen molar-refractivity contribution in [1.29, 1.82) is 0 Å². The average Bonchev–Trinajstić information content (AvgIpc) is 2.76. The van der Waals surface area contributed by atoms with Crippen LogP contribution < -0.4 is 22.5 Å². The van der Waals surface area contributed by atoms with Crippen molar-refractivity contribution in [1.82, 2.24) is 19.1 Å². The SMILES string of the molecule is O=c1[nH]c2ccc(Cl)cc2c(=O)n1-c1ccc(-n2c(=O)[nH]c3ccc(Cl)cc3c2=O)cc1. The van der Waals surface area contributed by atoms with Crippen molar-refractivity contribution in [3.63, 3.8) is 0 Å². The Morgan fingerprint density at radius 2 is 0.938 bits per heavy atom. The Hall–Kier alpha value is -3.88. The van der Waals surface area contributed by atoms with Gasteiger partial charge in [-0.25, -0.2) is 18.7 Å². The number of aromatic amines is 2. The van der Waals surface area contributed by atoms with E-state index in [0.29, 0.717) is 21.1 Å². The summed E-state index contributed by atoms with van der Waals surface area (Å²) in [5, 5.41) is 1.22. The van der Waals surface area contributed by atoms with Gasteiger partial charge in [-0.05, 0) is 60.7 Å². The molecule has 2 aromatic heterocycles. The summed E-state index contributed by atoms with van der Waals surface area (Å²) >= 11 is 12.0.